The van der Waals surface area contributed by atoms with Gasteiger partial charge in [-0.3, -0.25) is 9.69 Å². The van der Waals surface area contributed by atoms with Crippen LogP contribution < -0.4 is 0 Å². The lowest BCUT2D eigenvalue weighted by atomic mass is 10.2. The number of rotatable bonds is 5. The minimum atomic E-state index is -0.935. The third-order valence-electron chi connectivity index (χ3n) is 1.81. The van der Waals surface area contributed by atoms with Crippen LogP contribution in [0.15, 0.2) is 30.3 Å². The van der Waals surface area contributed by atoms with Gasteiger partial charge in [-0.25, -0.2) is 0 Å². The molecule has 0 aliphatic heterocycles. The Labute approximate surface area is 82.4 Å². The molecule has 76 valence electrons. The van der Waals surface area contributed by atoms with Gasteiger partial charge >= 0.3 is 5.97 Å². The van der Waals surface area contributed by atoms with Gasteiger partial charge in [0.2, 0.25) is 0 Å². The summed E-state index contributed by atoms with van der Waals surface area (Å²) in [6.07, 6.45) is 0. The van der Waals surface area contributed by atoms with Gasteiger partial charge in [0.05, 0.1) is 13.3 Å². The molecule has 4 heteroatoms. The molecule has 0 aliphatic carbocycles. The fourth-order valence-corrected chi connectivity index (χ4v) is 1.19. The van der Waals surface area contributed by atoms with Gasteiger partial charge < -0.3 is 10.2 Å². The Morgan fingerprint density at radius 1 is 1.29 bits per heavy atom. The summed E-state index contributed by atoms with van der Waals surface area (Å²) in [6, 6.07) is 9.44. The number of nitrogens with zero attached hydrogens (tertiary/aromatic N) is 1. The van der Waals surface area contributed by atoms with E-state index in [9.17, 15) is 4.79 Å². The fourth-order valence-electron chi connectivity index (χ4n) is 1.19. The molecule has 14 heavy (non-hydrogen) atoms. The lowest BCUT2D eigenvalue weighted by Crippen LogP contribution is -2.30. The van der Waals surface area contributed by atoms with Crippen molar-refractivity contribution in [3.8, 4) is 0 Å². The van der Waals surface area contributed by atoms with Crippen molar-refractivity contribution in [2.75, 3.05) is 13.3 Å². The number of aliphatic carboxylic acids is 1. The van der Waals surface area contributed by atoms with Crippen molar-refractivity contribution in [1.29, 1.82) is 0 Å². The molecule has 1 rings (SSSR count). The Morgan fingerprint density at radius 2 is 1.93 bits per heavy atom. The first-order valence-electron chi connectivity index (χ1n) is 4.31. The number of carboxylic acid groups (broad SMARTS) is 1. The molecule has 0 amide bonds. The molecule has 0 aromatic heterocycles. The first kappa shape index (κ1) is 10.7. The molecule has 0 spiro atoms. The molecular weight excluding hydrogens is 182 g/mol. The topological polar surface area (TPSA) is 60.8 Å². The van der Waals surface area contributed by atoms with Crippen LogP contribution in [-0.2, 0) is 11.3 Å². The Bertz CT molecular complexity index is 287. The minimum absolute atomic E-state index is 0.147. The smallest absolute Gasteiger partial charge is 0.317 e. The van der Waals surface area contributed by atoms with Crippen molar-refractivity contribution in [1.82, 2.24) is 4.90 Å². The molecule has 0 aliphatic rings. The number of hydrogen-bond donors (Lipinski definition) is 2. The molecule has 1 aromatic carbocycles. The highest BCUT2D eigenvalue weighted by atomic mass is 16.4. The number of aliphatic hydroxyl groups excluding tert-OH is 1. The van der Waals surface area contributed by atoms with Crippen LogP contribution in [0.1, 0.15) is 5.56 Å². The molecule has 0 bridgehead atoms. The normalized spacial score (nSPS) is 10.4. The van der Waals surface area contributed by atoms with Crippen LogP contribution in [0.5, 0.6) is 0 Å². The van der Waals surface area contributed by atoms with E-state index in [4.69, 9.17) is 10.2 Å². The monoisotopic (exact) mass is 195 g/mol. The van der Waals surface area contributed by atoms with E-state index in [-0.39, 0.29) is 13.3 Å². The number of carboxylic acids is 1. The van der Waals surface area contributed by atoms with Crippen molar-refractivity contribution in [3.05, 3.63) is 35.9 Å². The summed E-state index contributed by atoms with van der Waals surface area (Å²) in [7, 11) is 0. The zero-order valence-corrected chi connectivity index (χ0v) is 7.76. The van der Waals surface area contributed by atoms with Crippen molar-refractivity contribution in [3.63, 3.8) is 0 Å². The van der Waals surface area contributed by atoms with Crippen LogP contribution in [-0.4, -0.2) is 34.4 Å². The summed E-state index contributed by atoms with van der Waals surface area (Å²) in [5.41, 5.74) is 0.989. The lowest BCUT2D eigenvalue weighted by Gasteiger charge is -2.16. The predicted molar refractivity (Wildman–Crippen MR) is 51.6 cm³/mol. The number of hydrogen-bond acceptors (Lipinski definition) is 3. The molecule has 1 aromatic rings. The van der Waals surface area contributed by atoms with Crippen molar-refractivity contribution in [2.45, 2.75) is 6.54 Å². The van der Waals surface area contributed by atoms with Crippen LogP contribution >= 0.6 is 0 Å². The number of carbonyl (C=O) groups is 1. The molecule has 0 saturated carbocycles. The van der Waals surface area contributed by atoms with E-state index in [0.29, 0.717) is 6.54 Å². The molecule has 0 radical (unpaired) electrons. The molecule has 0 unspecified atom stereocenters. The van der Waals surface area contributed by atoms with Crippen molar-refractivity contribution >= 4 is 5.97 Å². The van der Waals surface area contributed by atoms with E-state index < -0.39 is 5.97 Å². The standard InChI is InChI=1S/C10H13NO3/c12-8-11(7-10(13)14)6-9-4-2-1-3-5-9/h1-5,12H,6-8H2,(H,13,14). The molecule has 0 saturated heterocycles. The van der Waals surface area contributed by atoms with E-state index in [1.807, 2.05) is 30.3 Å². The molecule has 0 fully saturated rings. The second-order valence-electron chi connectivity index (χ2n) is 3.01. The van der Waals surface area contributed by atoms with Gasteiger partial charge in [-0.05, 0) is 5.56 Å². The first-order valence-corrected chi connectivity index (χ1v) is 4.31. The summed E-state index contributed by atoms with van der Waals surface area (Å²) < 4.78 is 0. The van der Waals surface area contributed by atoms with Gasteiger partial charge in [0, 0.05) is 6.54 Å². The highest BCUT2D eigenvalue weighted by Crippen LogP contribution is 2.02. The fraction of sp³-hybridized carbons (Fsp3) is 0.300. The summed E-state index contributed by atoms with van der Waals surface area (Å²) in [4.78, 5) is 11.8. The van der Waals surface area contributed by atoms with E-state index in [0.717, 1.165) is 5.56 Å². The molecule has 4 nitrogen and oxygen atoms in total. The van der Waals surface area contributed by atoms with Crippen LogP contribution in [0.4, 0.5) is 0 Å². The maximum absolute atomic E-state index is 10.4. The SMILES string of the molecule is O=C(O)CN(CO)Cc1ccccc1. The maximum atomic E-state index is 10.4. The van der Waals surface area contributed by atoms with Gasteiger partial charge in [-0.15, -0.1) is 0 Å². The van der Waals surface area contributed by atoms with Crippen LogP contribution in [0.3, 0.4) is 0 Å². The average molecular weight is 195 g/mol. The van der Waals surface area contributed by atoms with Gasteiger partial charge in [0.1, 0.15) is 0 Å². The van der Waals surface area contributed by atoms with Crippen LogP contribution in [0, 0.1) is 0 Å². The molecule has 2 N–H and O–H groups in total. The van der Waals surface area contributed by atoms with E-state index in [2.05, 4.69) is 0 Å². The Balaban J connectivity index is 2.53. The average Bonchev–Trinajstić information content (AvgIpc) is 2.17. The molecule has 0 heterocycles. The van der Waals surface area contributed by atoms with Crippen molar-refractivity contribution in [2.24, 2.45) is 0 Å². The zero-order chi connectivity index (χ0) is 10.4. The highest BCUT2D eigenvalue weighted by Gasteiger charge is 2.08. The predicted octanol–water partition coefficient (Wildman–Crippen LogP) is 0.523. The summed E-state index contributed by atoms with van der Waals surface area (Å²) in [5.74, 6) is -0.935. The lowest BCUT2D eigenvalue weighted by molar-refractivity contribution is -0.139. The van der Waals surface area contributed by atoms with Gasteiger partial charge in [0.25, 0.3) is 0 Å². The van der Waals surface area contributed by atoms with E-state index >= 15 is 0 Å². The quantitative estimate of drug-likeness (QED) is 0.672. The second kappa shape index (κ2) is 5.36. The van der Waals surface area contributed by atoms with E-state index in [1.165, 1.54) is 4.90 Å². The van der Waals surface area contributed by atoms with Crippen LogP contribution in [0.2, 0.25) is 0 Å². The van der Waals surface area contributed by atoms with Crippen LogP contribution in [0.25, 0.3) is 0 Å². The summed E-state index contributed by atoms with van der Waals surface area (Å²) >= 11 is 0. The van der Waals surface area contributed by atoms with Gasteiger partial charge in [0.15, 0.2) is 0 Å². The highest BCUT2D eigenvalue weighted by molar-refractivity contribution is 5.69. The Hall–Kier alpha value is -1.39. The Morgan fingerprint density at radius 3 is 2.43 bits per heavy atom. The zero-order valence-electron chi connectivity index (χ0n) is 7.76. The largest absolute Gasteiger partial charge is 0.480 e. The maximum Gasteiger partial charge on any atom is 0.317 e. The molecule has 0 atom stereocenters. The summed E-state index contributed by atoms with van der Waals surface area (Å²) in [5, 5.41) is 17.4. The van der Waals surface area contributed by atoms with Crippen molar-refractivity contribution < 1.29 is 15.0 Å². The molecular formula is C10H13NO3. The third-order valence-corrected chi connectivity index (χ3v) is 1.81. The van der Waals surface area contributed by atoms with Gasteiger partial charge in [-0.1, -0.05) is 30.3 Å². The second-order valence-corrected chi connectivity index (χ2v) is 3.01. The Kier molecular flexibility index (Phi) is 4.10. The number of benzene rings is 1. The minimum Gasteiger partial charge on any atom is -0.480 e. The third kappa shape index (κ3) is 3.55. The van der Waals surface area contributed by atoms with Gasteiger partial charge in [-0.2, -0.15) is 0 Å². The summed E-state index contributed by atoms with van der Waals surface area (Å²) in [6.45, 7) is 0.0518. The van der Waals surface area contributed by atoms with E-state index in [1.54, 1.807) is 0 Å². The first-order chi connectivity index (χ1) is 6.72. The number of aliphatic hydroxyl groups is 1.